The molecule has 0 unspecified atom stereocenters. The highest BCUT2D eigenvalue weighted by Gasteiger charge is 2.29. The molecule has 2 heterocycles. The molecule has 3 aromatic rings. The molecule has 6 heteroatoms. The highest BCUT2D eigenvalue weighted by atomic mass is 16.7. The predicted octanol–water partition coefficient (Wildman–Crippen LogP) is 4.74. The van der Waals surface area contributed by atoms with Crippen LogP contribution in [0.2, 0.25) is 0 Å². The van der Waals surface area contributed by atoms with E-state index in [9.17, 15) is 5.11 Å². The molecule has 0 bridgehead atoms. The van der Waals surface area contributed by atoms with Gasteiger partial charge in [-0.3, -0.25) is 10.3 Å². The zero-order valence-corrected chi connectivity index (χ0v) is 17.2. The number of hydrogen-bond acceptors (Lipinski definition) is 6. The monoisotopic (exact) mass is 416 g/mol. The number of ether oxygens (including phenoxy) is 3. The quantitative estimate of drug-likeness (QED) is 0.628. The fourth-order valence-corrected chi connectivity index (χ4v) is 4.09. The minimum absolute atomic E-state index is 0.112. The van der Waals surface area contributed by atoms with Crippen molar-refractivity contribution in [2.24, 2.45) is 4.99 Å². The Balaban J connectivity index is 1.58. The number of aliphatic imine (C=N–C) groups is 1. The highest BCUT2D eigenvalue weighted by Crippen LogP contribution is 2.38. The van der Waals surface area contributed by atoms with Crippen molar-refractivity contribution >= 4 is 5.71 Å². The van der Waals surface area contributed by atoms with Crippen LogP contribution in [0.3, 0.4) is 0 Å². The second kappa shape index (κ2) is 8.32. The molecular formula is C25H24N2O4. The van der Waals surface area contributed by atoms with E-state index in [1.54, 1.807) is 6.07 Å². The summed E-state index contributed by atoms with van der Waals surface area (Å²) >= 11 is 0. The van der Waals surface area contributed by atoms with E-state index in [-0.39, 0.29) is 24.8 Å². The maximum atomic E-state index is 10.5. The molecule has 5 rings (SSSR count). The first-order valence-corrected chi connectivity index (χ1v) is 10.5. The number of fused-ring (bicyclic) bond motifs is 1. The SMILES string of the molecule is CCOc1ccccc1[C@H]1N=C(c2ccc3c(c2)OCO3)C[C@@H](c2ccccc2O)N1. The molecule has 3 aromatic carbocycles. The predicted molar refractivity (Wildman–Crippen MR) is 118 cm³/mol. The first kappa shape index (κ1) is 19.5. The van der Waals surface area contributed by atoms with Crippen LogP contribution < -0.4 is 19.5 Å². The number of phenolic OH excluding ortho intramolecular Hbond substituents is 1. The first-order chi connectivity index (χ1) is 15.2. The summed E-state index contributed by atoms with van der Waals surface area (Å²) in [7, 11) is 0. The average molecular weight is 416 g/mol. The Morgan fingerprint density at radius 3 is 2.61 bits per heavy atom. The summed E-state index contributed by atoms with van der Waals surface area (Å²) < 4.78 is 16.9. The van der Waals surface area contributed by atoms with Gasteiger partial charge < -0.3 is 19.3 Å². The third-order valence-corrected chi connectivity index (χ3v) is 5.57. The molecule has 0 amide bonds. The number of rotatable bonds is 5. The summed E-state index contributed by atoms with van der Waals surface area (Å²) in [6, 6.07) is 21.1. The minimum atomic E-state index is -0.318. The highest BCUT2D eigenvalue weighted by molar-refractivity contribution is 6.02. The van der Waals surface area contributed by atoms with Crippen LogP contribution in [0.4, 0.5) is 0 Å². The molecule has 158 valence electrons. The van der Waals surface area contributed by atoms with E-state index < -0.39 is 0 Å². The zero-order valence-electron chi connectivity index (χ0n) is 17.2. The van der Waals surface area contributed by atoms with Gasteiger partial charge in [-0.05, 0) is 42.8 Å². The van der Waals surface area contributed by atoms with Gasteiger partial charge in [0.1, 0.15) is 17.7 Å². The van der Waals surface area contributed by atoms with Crippen molar-refractivity contribution in [2.45, 2.75) is 25.6 Å². The second-order valence-corrected chi connectivity index (χ2v) is 7.50. The summed E-state index contributed by atoms with van der Waals surface area (Å²) in [6.07, 6.45) is 0.311. The van der Waals surface area contributed by atoms with Crippen molar-refractivity contribution in [3.05, 3.63) is 83.4 Å². The van der Waals surface area contributed by atoms with Crippen LogP contribution in [0.5, 0.6) is 23.0 Å². The fraction of sp³-hybridized carbons (Fsp3) is 0.240. The van der Waals surface area contributed by atoms with Crippen LogP contribution in [0.1, 0.15) is 42.2 Å². The van der Waals surface area contributed by atoms with Crippen molar-refractivity contribution in [1.29, 1.82) is 0 Å². The normalized spacial score (nSPS) is 19.7. The van der Waals surface area contributed by atoms with Gasteiger partial charge in [-0.1, -0.05) is 36.4 Å². The van der Waals surface area contributed by atoms with Gasteiger partial charge in [0, 0.05) is 29.3 Å². The number of nitrogens with zero attached hydrogens (tertiary/aromatic N) is 1. The first-order valence-electron chi connectivity index (χ1n) is 10.5. The van der Waals surface area contributed by atoms with E-state index in [1.165, 1.54) is 0 Å². The average Bonchev–Trinajstić information content (AvgIpc) is 3.28. The molecule has 6 nitrogen and oxygen atoms in total. The molecule has 0 aliphatic carbocycles. The van der Waals surface area contributed by atoms with Crippen LogP contribution in [0, 0.1) is 0 Å². The summed E-state index contributed by atoms with van der Waals surface area (Å²) in [5.74, 6) is 2.54. The number of phenols is 1. The van der Waals surface area contributed by atoms with Crippen molar-refractivity contribution in [3.63, 3.8) is 0 Å². The topological polar surface area (TPSA) is 72.3 Å². The molecule has 2 atom stereocenters. The van der Waals surface area contributed by atoms with Gasteiger partial charge in [-0.15, -0.1) is 0 Å². The lowest BCUT2D eigenvalue weighted by molar-refractivity contribution is 0.174. The third kappa shape index (κ3) is 3.82. The molecule has 0 radical (unpaired) electrons. The number of benzene rings is 3. The van der Waals surface area contributed by atoms with Crippen LogP contribution in [0.25, 0.3) is 0 Å². The lowest BCUT2D eigenvalue weighted by Gasteiger charge is -2.31. The maximum absolute atomic E-state index is 10.5. The molecule has 0 spiro atoms. The maximum Gasteiger partial charge on any atom is 0.231 e. The van der Waals surface area contributed by atoms with Crippen molar-refractivity contribution < 1.29 is 19.3 Å². The van der Waals surface area contributed by atoms with Gasteiger partial charge in [0.05, 0.1) is 6.61 Å². The number of hydrogen-bond donors (Lipinski definition) is 2. The van der Waals surface area contributed by atoms with E-state index in [0.717, 1.165) is 39.7 Å². The summed E-state index contributed by atoms with van der Waals surface area (Å²) in [5, 5.41) is 14.1. The molecule has 0 saturated carbocycles. The molecule has 0 saturated heterocycles. The largest absolute Gasteiger partial charge is 0.508 e. The lowest BCUT2D eigenvalue weighted by Crippen LogP contribution is -2.33. The number of aromatic hydroxyl groups is 1. The summed E-state index contributed by atoms with van der Waals surface area (Å²) in [4.78, 5) is 5.04. The Labute approximate surface area is 181 Å². The Bertz CT molecular complexity index is 1130. The van der Waals surface area contributed by atoms with Crippen LogP contribution in [-0.4, -0.2) is 24.2 Å². The lowest BCUT2D eigenvalue weighted by atomic mass is 9.93. The molecule has 0 aromatic heterocycles. The molecule has 2 aliphatic heterocycles. The zero-order chi connectivity index (χ0) is 21.2. The molecule has 2 N–H and O–H groups in total. The number of nitrogens with one attached hydrogen (secondary N) is 1. The van der Waals surface area contributed by atoms with Crippen LogP contribution in [-0.2, 0) is 0 Å². The van der Waals surface area contributed by atoms with Crippen LogP contribution >= 0.6 is 0 Å². The van der Waals surface area contributed by atoms with E-state index in [0.29, 0.717) is 13.0 Å². The smallest absolute Gasteiger partial charge is 0.231 e. The molecular weight excluding hydrogens is 392 g/mol. The van der Waals surface area contributed by atoms with E-state index in [1.807, 2.05) is 67.6 Å². The van der Waals surface area contributed by atoms with E-state index in [4.69, 9.17) is 19.2 Å². The van der Waals surface area contributed by atoms with Gasteiger partial charge >= 0.3 is 0 Å². The minimum Gasteiger partial charge on any atom is -0.508 e. The van der Waals surface area contributed by atoms with Crippen molar-refractivity contribution in [3.8, 4) is 23.0 Å². The van der Waals surface area contributed by atoms with E-state index in [2.05, 4.69) is 5.32 Å². The second-order valence-electron chi connectivity index (χ2n) is 7.50. The molecule has 31 heavy (non-hydrogen) atoms. The van der Waals surface area contributed by atoms with Crippen molar-refractivity contribution in [2.75, 3.05) is 13.4 Å². The van der Waals surface area contributed by atoms with E-state index >= 15 is 0 Å². The van der Waals surface area contributed by atoms with Crippen molar-refractivity contribution in [1.82, 2.24) is 5.32 Å². The Hall–Kier alpha value is -3.51. The van der Waals surface area contributed by atoms with Gasteiger partial charge in [-0.2, -0.15) is 0 Å². The third-order valence-electron chi connectivity index (χ3n) is 5.57. The molecule has 0 fully saturated rings. The standard InChI is InChI=1S/C25H24N2O4/c1-2-29-22-10-6-4-8-18(22)25-26-19(16-11-12-23-24(13-16)31-15-30-23)14-20(27-25)17-7-3-5-9-21(17)28/h3-13,20,25,27-28H,2,14-15H2,1H3/t20-,25-/m0/s1. The summed E-state index contributed by atoms with van der Waals surface area (Å²) in [5.41, 5.74) is 3.71. The number of para-hydroxylation sites is 2. The Morgan fingerprint density at radius 2 is 1.77 bits per heavy atom. The van der Waals surface area contributed by atoms with Crippen LogP contribution in [0.15, 0.2) is 71.7 Å². The van der Waals surface area contributed by atoms with Gasteiger partial charge in [-0.25, -0.2) is 0 Å². The Kier molecular flexibility index (Phi) is 5.22. The van der Waals surface area contributed by atoms with Gasteiger partial charge in [0.15, 0.2) is 11.5 Å². The Morgan fingerprint density at radius 1 is 1.00 bits per heavy atom. The molecule has 2 aliphatic rings. The van der Waals surface area contributed by atoms with Gasteiger partial charge in [0.25, 0.3) is 0 Å². The van der Waals surface area contributed by atoms with Gasteiger partial charge in [0.2, 0.25) is 6.79 Å². The fourth-order valence-electron chi connectivity index (χ4n) is 4.09. The summed E-state index contributed by atoms with van der Waals surface area (Å²) in [6.45, 7) is 2.78.